The highest BCUT2D eigenvalue weighted by molar-refractivity contribution is 7.92. The van der Waals surface area contributed by atoms with Gasteiger partial charge in [0.1, 0.15) is 22.7 Å². The molecule has 8 heteroatoms. The van der Waals surface area contributed by atoms with Crippen molar-refractivity contribution in [2.24, 2.45) is 0 Å². The minimum Gasteiger partial charge on any atom is -0.462 e. The first kappa shape index (κ1) is 20.9. The van der Waals surface area contributed by atoms with Gasteiger partial charge in [0.25, 0.3) is 10.0 Å². The Morgan fingerprint density at radius 3 is 2.42 bits per heavy atom. The zero-order valence-electron chi connectivity index (χ0n) is 16.9. The number of carbonyl (C=O) groups is 1. The van der Waals surface area contributed by atoms with E-state index in [-0.39, 0.29) is 22.8 Å². The first-order valence-electron chi connectivity index (χ1n) is 9.72. The Balaban J connectivity index is 1.90. The van der Waals surface area contributed by atoms with Gasteiger partial charge in [-0.05, 0) is 43.7 Å². The van der Waals surface area contributed by atoms with Gasteiger partial charge in [-0.1, -0.05) is 31.2 Å². The maximum atomic E-state index is 13.2. The number of aryl methyl sites for hydroxylation is 1. The summed E-state index contributed by atoms with van der Waals surface area (Å²) in [6, 6.07) is 13.2. The van der Waals surface area contributed by atoms with Gasteiger partial charge in [0.15, 0.2) is 0 Å². The Labute approximate surface area is 178 Å². The minimum absolute atomic E-state index is 0.0796. The van der Waals surface area contributed by atoms with E-state index in [1.807, 2.05) is 6.92 Å². The molecule has 0 aliphatic rings. The van der Waals surface area contributed by atoms with E-state index in [0.29, 0.717) is 33.9 Å². The van der Waals surface area contributed by atoms with Gasteiger partial charge in [-0.25, -0.2) is 17.6 Å². The maximum absolute atomic E-state index is 13.2. The summed E-state index contributed by atoms with van der Waals surface area (Å²) in [5.41, 5.74) is 1.01. The molecular formula is C23H20FNO5S. The lowest BCUT2D eigenvalue weighted by molar-refractivity contribution is 0.0505. The third-order valence-corrected chi connectivity index (χ3v) is 6.26. The number of furan rings is 1. The number of carbonyl (C=O) groups excluding carboxylic acids is 1. The number of esters is 1. The SMILES string of the molecule is CCCOC(=O)c1c(C)oc2c1cc(NS(=O)(=O)c1ccc(F)cc1)c1ccccc12. The Kier molecular flexibility index (Phi) is 5.41. The van der Waals surface area contributed by atoms with E-state index in [4.69, 9.17) is 9.15 Å². The molecule has 0 unspecified atom stereocenters. The monoisotopic (exact) mass is 441 g/mol. The van der Waals surface area contributed by atoms with Gasteiger partial charge in [0, 0.05) is 16.2 Å². The number of rotatable bonds is 6. The molecule has 4 rings (SSSR count). The second-order valence-electron chi connectivity index (χ2n) is 7.07. The average Bonchev–Trinajstić information content (AvgIpc) is 3.08. The van der Waals surface area contributed by atoms with Crippen LogP contribution in [0.5, 0.6) is 0 Å². The molecule has 4 aromatic rings. The highest BCUT2D eigenvalue weighted by atomic mass is 32.2. The summed E-state index contributed by atoms with van der Waals surface area (Å²) in [5.74, 6) is -0.671. The first-order chi connectivity index (χ1) is 14.8. The predicted octanol–water partition coefficient (Wildman–Crippen LogP) is 5.40. The van der Waals surface area contributed by atoms with Crippen molar-refractivity contribution in [2.75, 3.05) is 11.3 Å². The number of hydrogen-bond acceptors (Lipinski definition) is 5. The van der Waals surface area contributed by atoms with Gasteiger partial charge >= 0.3 is 5.97 Å². The lowest BCUT2D eigenvalue weighted by Crippen LogP contribution is -2.13. The van der Waals surface area contributed by atoms with Crippen molar-refractivity contribution in [3.8, 4) is 0 Å². The lowest BCUT2D eigenvalue weighted by atomic mass is 10.0. The molecule has 1 aromatic heterocycles. The molecule has 0 aliphatic heterocycles. The van der Waals surface area contributed by atoms with E-state index in [0.717, 1.165) is 12.1 Å². The van der Waals surface area contributed by atoms with E-state index in [1.165, 1.54) is 12.1 Å². The zero-order chi connectivity index (χ0) is 22.2. The van der Waals surface area contributed by atoms with Crippen LogP contribution in [0.25, 0.3) is 21.7 Å². The average molecular weight is 441 g/mol. The molecule has 0 spiro atoms. The van der Waals surface area contributed by atoms with Crippen LogP contribution in [0.4, 0.5) is 10.1 Å². The molecule has 160 valence electrons. The summed E-state index contributed by atoms with van der Waals surface area (Å²) >= 11 is 0. The van der Waals surface area contributed by atoms with E-state index < -0.39 is 21.8 Å². The van der Waals surface area contributed by atoms with Gasteiger partial charge < -0.3 is 9.15 Å². The Bertz CT molecular complexity index is 1390. The van der Waals surface area contributed by atoms with Crippen LogP contribution in [0, 0.1) is 12.7 Å². The molecule has 0 bridgehead atoms. The Morgan fingerprint density at radius 2 is 1.74 bits per heavy atom. The van der Waals surface area contributed by atoms with E-state index in [1.54, 1.807) is 37.3 Å². The van der Waals surface area contributed by atoms with Gasteiger partial charge in [-0.3, -0.25) is 4.72 Å². The number of halogens is 1. The summed E-state index contributed by atoms with van der Waals surface area (Å²) in [7, 11) is -3.99. The molecule has 3 aromatic carbocycles. The van der Waals surface area contributed by atoms with Crippen LogP contribution in [0.15, 0.2) is 63.9 Å². The summed E-state index contributed by atoms with van der Waals surface area (Å²) in [4.78, 5) is 12.5. The maximum Gasteiger partial charge on any atom is 0.342 e. The fourth-order valence-electron chi connectivity index (χ4n) is 3.46. The second-order valence-corrected chi connectivity index (χ2v) is 8.76. The highest BCUT2D eigenvalue weighted by Crippen LogP contribution is 2.37. The van der Waals surface area contributed by atoms with Crippen molar-refractivity contribution in [1.82, 2.24) is 0 Å². The first-order valence-corrected chi connectivity index (χ1v) is 11.2. The van der Waals surface area contributed by atoms with Crippen LogP contribution in [-0.4, -0.2) is 21.0 Å². The predicted molar refractivity (Wildman–Crippen MR) is 116 cm³/mol. The van der Waals surface area contributed by atoms with Crippen molar-refractivity contribution in [2.45, 2.75) is 25.2 Å². The Morgan fingerprint density at radius 1 is 1.06 bits per heavy atom. The second kappa shape index (κ2) is 8.03. The van der Waals surface area contributed by atoms with Crippen LogP contribution in [0.2, 0.25) is 0 Å². The number of sulfonamides is 1. The smallest absolute Gasteiger partial charge is 0.342 e. The Hall–Kier alpha value is -3.39. The fourth-order valence-corrected chi connectivity index (χ4v) is 4.53. The van der Waals surface area contributed by atoms with Crippen LogP contribution in [-0.2, 0) is 14.8 Å². The topological polar surface area (TPSA) is 85.6 Å². The zero-order valence-corrected chi connectivity index (χ0v) is 17.8. The van der Waals surface area contributed by atoms with Gasteiger partial charge in [0.2, 0.25) is 0 Å². The fraction of sp³-hybridized carbons (Fsp3) is 0.174. The van der Waals surface area contributed by atoms with E-state index in [9.17, 15) is 17.6 Å². The molecule has 6 nitrogen and oxygen atoms in total. The molecule has 0 aliphatic carbocycles. The summed E-state index contributed by atoms with van der Waals surface area (Å²) < 4.78 is 52.8. The molecule has 0 amide bonds. The number of hydrogen-bond donors (Lipinski definition) is 1. The number of benzene rings is 3. The third-order valence-electron chi connectivity index (χ3n) is 4.88. The molecule has 0 fully saturated rings. The largest absolute Gasteiger partial charge is 0.462 e. The van der Waals surface area contributed by atoms with Crippen molar-refractivity contribution in [1.29, 1.82) is 0 Å². The summed E-state index contributed by atoms with van der Waals surface area (Å²) in [6.07, 6.45) is 0.673. The number of anilines is 1. The van der Waals surface area contributed by atoms with E-state index in [2.05, 4.69) is 4.72 Å². The van der Waals surface area contributed by atoms with Crippen LogP contribution < -0.4 is 4.72 Å². The van der Waals surface area contributed by atoms with Crippen LogP contribution >= 0.6 is 0 Å². The molecule has 0 saturated carbocycles. The summed E-state index contributed by atoms with van der Waals surface area (Å²) in [5, 5.41) is 1.70. The van der Waals surface area contributed by atoms with Crippen molar-refractivity contribution in [3.05, 3.63) is 71.7 Å². The molecule has 0 atom stereocenters. The van der Waals surface area contributed by atoms with Gasteiger partial charge in [0.05, 0.1) is 17.2 Å². The van der Waals surface area contributed by atoms with E-state index >= 15 is 0 Å². The number of nitrogens with one attached hydrogen (secondary N) is 1. The van der Waals surface area contributed by atoms with Crippen LogP contribution in [0.1, 0.15) is 29.5 Å². The normalized spacial score (nSPS) is 11.7. The molecule has 1 heterocycles. The number of ether oxygens (including phenoxy) is 1. The van der Waals surface area contributed by atoms with Crippen molar-refractivity contribution in [3.63, 3.8) is 0 Å². The van der Waals surface area contributed by atoms with Gasteiger partial charge in [-0.2, -0.15) is 0 Å². The molecular weight excluding hydrogens is 421 g/mol. The standard InChI is InChI=1S/C23H20FNO5S/c1-3-12-29-23(26)21-14(2)30-22-18-7-5-4-6-17(18)20(13-19(21)22)25-31(27,28)16-10-8-15(24)9-11-16/h4-11,13,25H,3,12H2,1-2H3. The van der Waals surface area contributed by atoms with Crippen molar-refractivity contribution >= 4 is 43.4 Å². The minimum atomic E-state index is -3.99. The molecule has 0 radical (unpaired) electrons. The third kappa shape index (κ3) is 3.86. The lowest BCUT2D eigenvalue weighted by Gasteiger charge is -2.12. The van der Waals surface area contributed by atoms with Gasteiger partial charge in [-0.15, -0.1) is 0 Å². The van der Waals surface area contributed by atoms with Crippen LogP contribution in [0.3, 0.4) is 0 Å². The molecule has 31 heavy (non-hydrogen) atoms. The molecule has 1 N–H and O–H groups in total. The molecule has 0 saturated heterocycles. The quantitative estimate of drug-likeness (QED) is 0.405. The highest BCUT2D eigenvalue weighted by Gasteiger charge is 2.24. The number of fused-ring (bicyclic) bond motifs is 3. The summed E-state index contributed by atoms with van der Waals surface area (Å²) in [6.45, 7) is 3.83. The van der Waals surface area contributed by atoms with Crippen molar-refractivity contribution < 1.29 is 26.8 Å².